The minimum absolute atomic E-state index is 0.228. The summed E-state index contributed by atoms with van der Waals surface area (Å²) >= 11 is 0. The summed E-state index contributed by atoms with van der Waals surface area (Å²) in [6.07, 6.45) is 3.86. The van der Waals surface area contributed by atoms with Gasteiger partial charge in [0.15, 0.2) is 0 Å². The summed E-state index contributed by atoms with van der Waals surface area (Å²) in [6, 6.07) is 8.13. The van der Waals surface area contributed by atoms with Crippen LogP contribution in [0.5, 0.6) is 0 Å². The van der Waals surface area contributed by atoms with Gasteiger partial charge in [0.25, 0.3) is 0 Å². The van der Waals surface area contributed by atoms with Crippen LogP contribution in [0.1, 0.15) is 31.5 Å². The SMILES string of the molecule is O=C(O)C1CCN(c2nc(CN3CCCC3)nc3ccccc23)CC1. The molecule has 2 aliphatic heterocycles. The zero-order chi connectivity index (χ0) is 17.2. The number of piperidine rings is 1. The largest absolute Gasteiger partial charge is 0.481 e. The Kier molecular flexibility index (Phi) is 4.53. The first kappa shape index (κ1) is 16.3. The average Bonchev–Trinajstić information content (AvgIpc) is 3.14. The molecular formula is C19H24N4O2. The van der Waals surface area contributed by atoms with Crippen LogP contribution in [0.15, 0.2) is 24.3 Å². The Labute approximate surface area is 147 Å². The molecule has 6 heteroatoms. The van der Waals surface area contributed by atoms with E-state index < -0.39 is 5.97 Å². The average molecular weight is 340 g/mol. The molecule has 0 radical (unpaired) electrons. The molecule has 4 rings (SSSR count). The molecule has 3 heterocycles. The van der Waals surface area contributed by atoms with E-state index in [2.05, 4.69) is 15.9 Å². The molecule has 25 heavy (non-hydrogen) atoms. The molecule has 0 amide bonds. The van der Waals surface area contributed by atoms with Crippen molar-refractivity contribution in [1.82, 2.24) is 14.9 Å². The number of carbonyl (C=O) groups is 1. The van der Waals surface area contributed by atoms with Gasteiger partial charge in [-0.2, -0.15) is 0 Å². The fourth-order valence-corrected chi connectivity index (χ4v) is 3.90. The molecule has 0 unspecified atom stereocenters. The van der Waals surface area contributed by atoms with Crippen molar-refractivity contribution >= 4 is 22.7 Å². The van der Waals surface area contributed by atoms with Crippen molar-refractivity contribution in [3.8, 4) is 0 Å². The van der Waals surface area contributed by atoms with Gasteiger partial charge in [-0.25, -0.2) is 9.97 Å². The second kappa shape index (κ2) is 6.96. The van der Waals surface area contributed by atoms with E-state index in [9.17, 15) is 9.90 Å². The number of carboxylic acid groups (broad SMARTS) is 1. The molecular weight excluding hydrogens is 316 g/mol. The number of likely N-dealkylation sites (tertiary alicyclic amines) is 1. The number of nitrogens with zero attached hydrogens (tertiary/aromatic N) is 4. The number of aliphatic carboxylic acids is 1. The Bertz CT molecular complexity index is 765. The first-order valence-corrected chi connectivity index (χ1v) is 9.16. The number of anilines is 1. The van der Waals surface area contributed by atoms with E-state index in [-0.39, 0.29) is 5.92 Å². The number of carboxylic acids is 1. The van der Waals surface area contributed by atoms with Crippen molar-refractivity contribution in [3.63, 3.8) is 0 Å². The lowest BCUT2D eigenvalue weighted by Crippen LogP contribution is -2.37. The Morgan fingerprint density at radius 2 is 1.80 bits per heavy atom. The number of hydrogen-bond acceptors (Lipinski definition) is 5. The second-order valence-corrected chi connectivity index (χ2v) is 7.06. The first-order chi connectivity index (χ1) is 12.2. The third-order valence-corrected chi connectivity index (χ3v) is 5.34. The third kappa shape index (κ3) is 3.44. The highest BCUT2D eigenvalue weighted by Gasteiger charge is 2.26. The zero-order valence-electron chi connectivity index (χ0n) is 14.4. The number of para-hydroxylation sites is 1. The topological polar surface area (TPSA) is 69.6 Å². The summed E-state index contributed by atoms with van der Waals surface area (Å²) in [4.78, 5) is 25.5. The van der Waals surface area contributed by atoms with Crippen LogP contribution in [0.3, 0.4) is 0 Å². The van der Waals surface area contributed by atoms with Gasteiger partial charge in [-0.05, 0) is 50.9 Å². The molecule has 0 bridgehead atoms. The van der Waals surface area contributed by atoms with Gasteiger partial charge in [0.05, 0.1) is 18.0 Å². The maximum atomic E-state index is 11.2. The summed E-state index contributed by atoms with van der Waals surface area (Å²) in [5, 5.41) is 10.3. The van der Waals surface area contributed by atoms with Crippen molar-refractivity contribution in [2.45, 2.75) is 32.2 Å². The fraction of sp³-hybridized carbons (Fsp3) is 0.526. The normalized spacial score (nSPS) is 19.6. The van der Waals surface area contributed by atoms with Gasteiger partial charge in [0, 0.05) is 18.5 Å². The van der Waals surface area contributed by atoms with Gasteiger partial charge >= 0.3 is 5.97 Å². The number of fused-ring (bicyclic) bond motifs is 1. The van der Waals surface area contributed by atoms with E-state index in [1.54, 1.807) is 0 Å². The second-order valence-electron chi connectivity index (χ2n) is 7.06. The van der Waals surface area contributed by atoms with Crippen LogP contribution >= 0.6 is 0 Å². The van der Waals surface area contributed by atoms with Crippen LogP contribution in [0.25, 0.3) is 10.9 Å². The van der Waals surface area contributed by atoms with Gasteiger partial charge in [-0.1, -0.05) is 12.1 Å². The van der Waals surface area contributed by atoms with E-state index in [4.69, 9.17) is 9.97 Å². The van der Waals surface area contributed by atoms with Gasteiger partial charge in [0.1, 0.15) is 11.6 Å². The number of hydrogen-bond donors (Lipinski definition) is 1. The number of benzene rings is 1. The van der Waals surface area contributed by atoms with Gasteiger partial charge in [-0.3, -0.25) is 9.69 Å². The van der Waals surface area contributed by atoms with Gasteiger partial charge in [-0.15, -0.1) is 0 Å². The maximum absolute atomic E-state index is 11.2. The fourth-order valence-electron chi connectivity index (χ4n) is 3.90. The van der Waals surface area contributed by atoms with Crippen molar-refractivity contribution in [1.29, 1.82) is 0 Å². The monoisotopic (exact) mass is 340 g/mol. The van der Waals surface area contributed by atoms with Crippen LogP contribution in [0.4, 0.5) is 5.82 Å². The van der Waals surface area contributed by atoms with Crippen LogP contribution in [0.2, 0.25) is 0 Å². The van der Waals surface area contributed by atoms with Crippen molar-refractivity contribution in [2.75, 3.05) is 31.1 Å². The molecule has 1 aromatic carbocycles. The van der Waals surface area contributed by atoms with E-state index >= 15 is 0 Å². The van der Waals surface area contributed by atoms with Crippen molar-refractivity contribution in [3.05, 3.63) is 30.1 Å². The highest BCUT2D eigenvalue weighted by molar-refractivity contribution is 5.89. The molecule has 0 saturated carbocycles. The molecule has 1 aromatic heterocycles. The molecule has 2 aromatic rings. The summed E-state index contributed by atoms with van der Waals surface area (Å²) in [6.45, 7) is 4.51. The van der Waals surface area contributed by atoms with E-state index in [1.807, 2.05) is 18.2 Å². The zero-order valence-corrected chi connectivity index (χ0v) is 14.4. The molecule has 2 fully saturated rings. The Hall–Kier alpha value is -2.21. The van der Waals surface area contributed by atoms with Gasteiger partial charge < -0.3 is 10.0 Å². The predicted octanol–water partition coefficient (Wildman–Crippen LogP) is 2.53. The summed E-state index contributed by atoms with van der Waals surface area (Å²) in [7, 11) is 0. The lowest BCUT2D eigenvalue weighted by atomic mass is 9.97. The highest BCUT2D eigenvalue weighted by Crippen LogP contribution is 2.28. The van der Waals surface area contributed by atoms with E-state index in [0.717, 1.165) is 55.3 Å². The number of rotatable bonds is 4. The van der Waals surface area contributed by atoms with Crippen LogP contribution < -0.4 is 4.90 Å². The molecule has 1 N–H and O–H groups in total. The van der Waals surface area contributed by atoms with Crippen LogP contribution in [0, 0.1) is 5.92 Å². The third-order valence-electron chi connectivity index (χ3n) is 5.34. The molecule has 6 nitrogen and oxygen atoms in total. The van der Waals surface area contributed by atoms with Crippen LogP contribution in [-0.2, 0) is 11.3 Å². The van der Waals surface area contributed by atoms with E-state index in [1.165, 1.54) is 12.8 Å². The standard InChI is InChI=1S/C19H24N4O2/c24-19(25)14-7-11-23(12-8-14)18-15-5-1-2-6-16(15)20-17(21-18)13-22-9-3-4-10-22/h1-2,5-6,14H,3-4,7-13H2,(H,24,25). The molecule has 0 aliphatic carbocycles. The Morgan fingerprint density at radius 3 is 2.52 bits per heavy atom. The molecule has 0 spiro atoms. The number of aromatic nitrogens is 2. The lowest BCUT2D eigenvalue weighted by molar-refractivity contribution is -0.142. The minimum atomic E-state index is -0.679. The quantitative estimate of drug-likeness (QED) is 0.922. The molecule has 132 valence electrons. The predicted molar refractivity (Wildman–Crippen MR) is 96.6 cm³/mol. The van der Waals surface area contributed by atoms with Crippen LogP contribution in [-0.4, -0.2) is 52.1 Å². The molecule has 2 saturated heterocycles. The summed E-state index contributed by atoms with van der Waals surface area (Å²) in [5.74, 6) is 0.926. The Morgan fingerprint density at radius 1 is 1.08 bits per heavy atom. The Balaban J connectivity index is 1.63. The lowest BCUT2D eigenvalue weighted by Gasteiger charge is -2.32. The molecule has 0 atom stereocenters. The minimum Gasteiger partial charge on any atom is -0.481 e. The summed E-state index contributed by atoms with van der Waals surface area (Å²) < 4.78 is 0. The van der Waals surface area contributed by atoms with Crippen molar-refractivity contribution in [2.24, 2.45) is 5.92 Å². The highest BCUT2D eigenvalue weighted by atomic mass is 16.4. The summed E-state index contributed by atoms with van der Waals surface area (Å²) in [5.41, 5.74) is 0.974. The first-order valence-electron chi connectivity index (χ1n) is 9.16. The molecule has 2 aliphatic rings. The van der Waals surface area contributed by atoms with Gasteiger partial charge in [0.2, 0.25) is 0 Å². The van der Waals surface area contributed by atoms with Crippen molar-refractivity contribution < 1.29 is 9.90 Å². The van der Waals surface area contributed by atoms with E-state index in [0.29, 0.717) is 12.8 Å². The maximum Gasteiger partial charge on any atom is 0.306 e. The smallest absolute Gasteiger partial charge is 0.306 e.